The minimum Gasteiger partial charge on any atom is -0.290 e. The monoisotopic (exact) mass is 426 g/mol. The maximum Gasteiger partial charge on any atom is 0.271 e. The van der Waals surface area contributed by atoms with Crippen LogP contribution < -0.4 is 5.56 Å². The highest BCUT2D eigenvalue weighted by molar-refractivity contribution is 7.98. The van der Waals surface area contributed by atoms with Crippen LogP contribution in [0.2, 0.25) is 5.02 Å². The van der Waals surface area contributed by atoms with Crippen molar-refractivity contribution in [2.75, 3.05) is 0 Å². The zero-order valence-electron chi connectivity index (χ0n) is 14.9. The second kappa shape index (κ2) is 7.91. The summed E-state index contributed by atoms with van der Waals surface area (Å²) in [6.45, 7) is 0. The van der Waals surface area contributed by atoms with Crippen LogP contribution in [-0.4, -0.2) is 15.3 Å². The van der Waals surface area contributed by atoms with Crippen molar-refractivity contribution >= 4 is 50.7 Å². The maximum absolute atomic E-state index is 12.5. The maximum atomic E-state index is 12.5. The topological polar surface area (TPSA) is 52.0 Å². The first kappa shape index (κ1) is 18.9. The summed E-state index contributed by atoms with van der Waals surface area (Å²) >= 11 is 8.79. The second-order valence-electron chi connectivity index (χ2n) is 6.22. The van der Waals surface area contributed by atoms with Gasteiger partial charge in [-0.05, 0) is 41.3 Å². The lowest BCUT2D eigenvalue weighted by Crippen LogP contribution is -2.18. The molecule has 4 nitrogen and oxygen atoms in total. The molecule has 0 spiro atoms. The summed E-state index contributed by atoms with van der Waals surface area (Å²) in [5, 5.41) is 3.16. The van der Waals surface area contributed by atoms with E-state index in [1.807, 2.05) is 35.7 Å². The van der Waals surface area contributed by atoms with Crippen LogP contribution in [0.1, 0.15) is 21.5 Å². The first-order chi connectivity index (χ1) is 13.5. The quantitative estimate of drug-likeness (QED) is 0.251. The number of thiophene rings is 1. The molecule has 0 bridgehead atoms. The van der Waals surface area contributed by atoms with E-state index >= 15 is 0 Å². The van der Waals surface area contributed by atoms with Crippen molar-refractivity contribution in [3.63, 3.8) is 0 Å². The molecule has 0 aliphatic carbocycles. The lowest BCUT2D eigenvalue weighted by atomic mass is 10.0. The Morgan fingerprint density at radius 1 is 1.07 bits per heavy atom. The minimum absolute atomic E-state index is 0.0218. The van der Waals surface area contributed by atoms with Crippen LogP contribution in [0.15, 0.2) is 69.9 Å². The fourth-order valence-electron chi connectivity index (χ4n) is 2.77. The van der Waals surface area contributed by atoms with Crippen molar-refractivity contribution in [1.82, 2.24) is 9.55 Å². The number of benzene rings is 2. The number of hydrogen-bond donors (Lipinski definition) is 0. The molecule has 0 amide bonds. The lowest BCUT2D eigenvalue weighted by molar-refractivity contribution is 0.103. The normalized spacial score (nSPS) is 11.1. The molecule has 0 unspecified atom stereocenters. The number of carbonyl (C=O) groups is 1. The Hall–Kier alpha value is -2.41. The third-order valence-corrected chi connectivity index (χ3v) is 6.58. The molecular formula is C21H15ClN2O2S2. The average Bonchev–Trinajstić information content (AvgIpc) is 3.19. The summed E-state index contributed by atoms with van der Waals surface area (Å²) in [6, 6.07) is 16.2. The third-order valence-electron chi connectivity index (χ3n) is 4.34. The number of carbonyl (C=O) groups excluding carboxylic acids is 1. The van der Waals surface area contributed by atoms with E-state index < -0.39 is 0 Å². The van der Waals surface area contributed by atoms with Crippen molar-refractivity contribution in [1.29, 1.82) is 0 Å². The van der Waals surface area contributed by atoms with E-state index in [2.05, 4.69) is 4.98 Å². The highest BCUT2D eigenvalue weighted by atomic mass is 35.5. The average molecular weight is 427 g/mol. The molecule has 4 rings (SSSR count). The van der Waals surface area contributed by atoms with E-state index in [0.29, 0.717) is 31.8 Å². The Morgan fingerprint density at radius 3 is 2.39 bits per heavy atom. The molecule has 0 atom stereocenters. The van der Waals surface area contributed by atoms with Gasteiger partial charge in [0.1, 0.15) is 4.70 Å². The number of fused-ring (bicyclic) bond motifs is 1. The van der Waals surface area contributed by atoms with Crippen molar-refractivity contribution in [2.24, 2.45) is 7.05 Å². The number of aromatic nitrogens is 2. The molecule has 0 saturated carbocycles. The molecule has 0 aliphatic rings. The van der Waals surface area contributed by atoms with Gasteiger partial charge in [0.15, 0.2) is 10.9 Å². The van der Waals surface area contributed by atoms with Crippen LogP contribution in [0.3, 0.4) is 0 Å². The van der Waals surface area contributed by atoms with Gasteiger partial charge in [0.25, 0.3) is 5.56 Å². The van der Waals surface area contributed by atoms with Gasteiger partial charge in [-0.3, -0.25) is 14.2 Å². The van der Waals surface area contributed by atoms with Crippen LogP contribution >= 0.6 is 34.7 Å². The van der Waals surface area contributed by atoms with Crippen molar-refractivity contribution < 1.29 is 4.79 Å². The molecule has 4 aromatic rings. The summed E-state index contributed by atoms with van der Waals surface area (Å²) in [6.07, 6.45) is 0. The Morgan fingerprint density at radius 2 is 1.71 bits per heavy atom. The number of rotatable bonds is 5. The molecule has 7 heteroatoms. The van der Waals surface area contributed by atoms with Gasteiger partial charge in [0.2, 0.25) is 0 Å². The highest BCUT2D eigenvalue weighted by Crippen LogP contribution is 2.24. The van der Waals surface area contributed by atoms with Crippen LogP contribution in [0.4, 0.5) is 0 Å². The summed E-state index contributed by atoms with van der Waals surface area (Å²) in [4.78, 5) is 29.5. The third kappa shape index (κ3) is 3.76. The molecule has 0 N–H and O–H groups in total. The summed E-state index contributed by atoms with van der Waals surface area (Å²) in [5.74, 6) is 0.619. The molecule has 0 fully saturated rings. The summed E-state index contributed by atoms with van der Waals surface area (Å²) < 4.78 is 2.26. The van der Waals surface area contributed by atoms with Crippen molar-refractivity contribution in [2.45, 2.75) is 10.9 Å². The molecule has 0 saturated heterocycles. The summed E-state index contributed by atoms with van der Waals surface area (Å²) in [5.41, 5.74) is 3.00. The first-order valence-corrected chi connectivity index (χ1v) is 10.7. The molecule has 2 aromatic carbocycles. The van der Waals surface area contributed by atoms with E-state index in [9.17, 15) is 9.59 Å². The molecule has 140 valence electrons. The van der Waals surface area contributed by atoms with Gasteiger partial charge in [-0.2, -0.15) is 0 Å². The molecule has 28 heavy (non-hydrogen) atoms. The lowest BCUT2D eigenvalue weighted by Gasteiger charge is -2.08. The molecule has 2 heterocycles. The number of hydrogen-bond acceptors (Lipinski definition) is 5. The SMILES string of the molecule is Cn1c(SCc2ccc(C(=O)c3ccc(Cl)cc3)cc2)nc2ccsc2c1=O. The molecule has 0 aliphatic heterocycles. The molecular weight excluding hydrogens is 412 g/mol. The Labute approximate surface area is 174 Å². The summed E-state index contributed by atoms with van der Waals surface area (Å²) in [7, 11) is 1.74. The zero-order chi connectivity index (χ0) is 19.7. The number of nitrogens with zero attached hydrogens (tertiary/aromatic N) is 2. The Kier molecular flexibility index (Phi) is 5.35. The van der Waals surface area contributed by atoms with Crippen LogP contribution in [0, 0.1) is 0 Å². The fraction of sp³-hybridized carbons (Fsp3) is 0.0952. The Balaban J connectivity index is 1.49. The van der Waals surface area contributed by atoms with E-state index in [0.717, 1.165) is 11.1 Å². The van der Waals surface area contributed by atoms with Gasteiger partial charge in [-0.1, -0.05) is 47.6 Å². The van der Waals surface area contributed by atoms with E-state index in [1.165, 1.54) is 23.1 Å². The number of ketones is 1. The van der Waals surface area contributed by atoms with Gasteiger partial charge < -0.3 is 0 Å². The van der Waals surface area contributed by atoms with Gasteiger partial charge >= 0.3 is 0 Å². The smallest absolute Gasteiger partial charge is 0.271 e. The van der Waals surface area contributed by atoms with Gasteiger partial charge in [0.05, 0.1) is 5.52 Å². The first-order valence-electron chi connectivity index (χ1n) is 8.49. The number of halogens is 1. The van der Waals surface area contributed by atoms with Crippen LogP contribution in [0.25, 0.3) is 10.2 Å². The molecule has 2 aromatic heterocycles. The number of thioether (sulfide) groups is 1. The standard InChI is InChI=1S/C21H15ClN2O2S2/c1-24-20(26)19-17(10-11-27-19)23-21(24)28-12-13-2-4-14(5-3-13)18(25)15-6-8-16(22)9-7-15/h2-11H,12H2,1H3. The zero-order valence-corrected chi connectivity index (χ0v) is 17.3. The van der Waals surface area contributed by atoms with E-state index in [-0.39, 0.29) is 11.3 Å². The van der Waals surface area contributed by atoms with Crippen LogP contribution in [0.5, 0.6) is 0 Å². The predicted molar refractivity (Wildman–Crippen MR) is 116 cm³/mol. The van der Waals surface area contributed by atoms with Crippen LogP contribution in [-0.2, 0) is 12.8 Å². The second-order valence-corrected chi connectivity index (χ2v) is 8.51. The van der Waals surface area contributed by atoms with Gasteiger partial charge in [-0.15, -0.1) is 11.3 Å². The largest absolute Gasteiger partial charge is 0.290 e. The van der Waals surface area contributed by atoms with Crippen molar-refractivity contribution in [3.8, 4) is 0 Å². The van der Waals surface area contributed by atoms with Gasteiger partial charge in [0, 0.05) is 29.0 Å². The van der Waals surface area contributed by atoms with E-state index in [4.69, 9.17) is 11.6 Å². The van der Waals surface area contributed by atoms with Gasteiger partial charge in [-0.25, -0.2) is 4.98 Å². The minimum atomic E-state index is -0.0390. The van der Waals surface area contributed by atoms with E-state index in [1.54, 1.807) is 35.9 Å². The highest BCUT2D eigenvalue weighted by Gasteiger charge is 2.11. The predicted octanol–water partition coefficient (Wildman–Crippen LogP) is 5.17. The Bertz CT molecular complexity index is 1210. The van der Waals surface area contributed by atoms with Crippen molar-refractivity contribution in [3.05, 3.63) is 92.0 Å². The molecule has 0 radical (unpaired) electrons. The fourth-order valence-corrected chi connectivity index (χ4v) is 4.62.